The molecule has 0 aliphatic rings. The lowest BCUT2D eigenvalue weighted by molar-refractivity contribution is 0.268. The molecule has 0 aromatic carbocycles. The summed E-state index contributed by atoms with van der Waals surface area (Å²) in [6.07, 6.45) is 1.18. The Morgan fingerprint density at radius 1 is 1.14 bits per heavy atom. The lowest BCUT2D eigenvalue weighted by atomic mass is 10.1. The fraction of sp³-hybridized carbons (Fsp3) is 0.765. The predicted molar refractivity (Wildman–Crippen MR) is 89.5 cm³/mol. The van der Waals surface area contributed by atoms with Crippen molar-refractivity contribution in [3.63, 3.8) is 0 Å². The fourth-order valence-electron chi connectivity index (χ4n) is 2.19. The quantitative estimate of drug-likeness (QED) is 0.799. The van der Waals surface area contributed by atoms with Crippen molar-refractivity contribution in [2.45, 2.75) is 52.7 Å². The van der Waals surface area contributed by atoms with Gasteiger partial charge in [-0.25, -0.2) is 0 Å². The monoisotopic (exact) mass is 295 g/mol. The first-order valence-electron chi connectivity index (χ1n) is 7.84. The van der Waals surface area contributed by atoms with Gasteiger partial charge in [0.15, 0.2) is 0 Å². The van der Waals surface area contributed by atoms with E-state index in [1.807, 2.05) is 0 Å². The average molecular weight is 295 g/mol. The maximum Gasteiger partial charge on any atom is 0.120 e. The Bertz CT molecular complexity index is 418. The number of aryl methyl sites for hydroxylation is 1. The van der Waals surface area contributed by atoms with Crippen LogP contribution in [0.5, 0.6) is 0 Å². The highest BCUT2D eigenvalue weighted by Crippen LogP contribution is 2.17. The zero-order valence-corrected chi connectivity index (χ0v) is 14.9. The minimum atomic E-state index is 0.113. The van der Waals surface area contributed by atoms with Crippen LogP contribution < -0.4 is 5.32 Å². The number of nitrogens with zero attached hydrogens (tertiary/aromatic N) is 2. The molecule has 1 N–H and O–H groups in total. The molecule has 0 spiro atoms. The Kier molecular flexibility index (Phi) is 6.91. The van der Waals surface area contributed by atoms with E-state index in [-0.39, 0.29) is 5.54 Å². The number of furan rings is 1. The number of hydrogen-bond acceptors (Lipinski definition) is 4. The lowest BCUT2D eigenvalue weighted by Crippen LogP contribution is -2.35. The first kappa shape index (κ1) is 18.2. The normalized spacial score (nSPS) is 12.6. The molecule has 0 atom stereocenters. The third kappa shape index (κ3) is 7.65. The molecule has 0 bridgehead atoms. The molecule has 1 heterocycles. The molecule has 0 saturated heterocycles. The molecule has 1 rings (SSSR count). The van der Waals surface area contributed by atoms with Crippen molar-refractivity contribution in [2.24, 2.45) is 0 Å². The van der Waals surface area contributed by atoms with Crippen LogP contribution in [0.1, 0.15) is 44.3 Å². The zero-order chi connectivity index (χ0) is 16.0. The standard InChI is InChI=1S/C17H33N3O/c1-14-11-15(13-20(7)10-8-9-19(5)6)21-16(14)12-18-17(2,3)4/h11,18H,8-10,12-13H2,1-7H3. The summed E-state index contributed by atoms with van der Waals surface area (Å²) >= 11 is 0. The van der Waals surface area contributed by atoms with Gasteiger partial charge in [-0.3, -0.25) is 4.90 Å². The van der Waals surface area contributed by atoms with Crippen LogP contribution in [0.3, 0.4) is 0 Å². The van der Waals surface area contributed by atoms with Crippen molar-refractivity contribution in [3.8, 4) is 0 Å². The van der Waals surface area contributed by atoms with E-state index in [0.717, 1.165) is 37.7 Å². The molecule has 4 heteroatoms. The van der Waals surface area contributed by atoms with Crippen molar-refractivity contribution >= 4 is 0 Å². The van der Waals surface area contributed by atoms with E-state index >= 15 is 0 Å². The summed E-state index contributed by atoms with van der Waals surface area (Å²) in [5, 5.41) is 3.48. The van der Waals surface area contributed by atoms with Crippen LogP contribution in [0.2, 0.25) is 0 Å². The van der Waals surface area contributed by atoms with Crippen molar-refractivity contribution in [1.82, 2.24) is 15.1 Å². The highest BCUT2D eigenvalue weighted by molar-refractivity contribution is 5.20. The third-order valence-corrected chi connectivity index (χ3v) is 3.42. The molecule has 0 saturated carbocycles. The predicted octanol–water partition coefficient (Wildman–Crippen LogP) is 2.86. The molecule has 0 radical (unpaired) electrons. The molecule has 0 aliphatic heterocycles. The van der Waals surface area contributed by atoms with Gasteiger partial charge in [0, 0.05) is 5.54 Å². The molecule has 1 aromatic heterocycles. The van der Waals surface area contributed by atoms with Gasteiger partial charge >= 0.3 is 0 Å². The van der Waals surface area contributed by atoms with Gasteiger partial charge in [-0.2, -0.15) is 0 Å². The Labute approximate surface area is 130 Å². The molecule has 0 amide bonds. The smallest absolute Gasteiger partial charge is 0.120 e. The highest BCUT2D eigenvalue weighted by atomic mass is 16.3. The fourth-order valence-corrected chi connectivity index (χ4v) is 2.19. The molecule has 4 nitrogen and oxygen atoms in total. The summed E-state index contributed by atoms with van der Waals surface area (Å²) in [7, 11) is 6.38. The Hall–Kier alpha value is -0.840. The summed E-state index contributed by atoms with van der Waals surface area (Å²) in [6.45, 7) is 12.5. The molecule has 122 valence electrons. The highest BCUT2D eigenvalue weighted by Gasteiger charge is 2.13. The van der Waals surface area contributed by atoms with Crippen LogP contribution in [0.25, 0.3) is 0 Å². The molecular weight excluding hydrogens is 262 g/mol. The summed E-state index contributed by atoms with van der Waals surface area (Å²) in [5.74, 6) is 2.12. The van der Waals surface area contributed by atoms with Gasteiger partial charge in [-0.15, -0.1) is 0 Å². The van der Waals surface area contributed by atoms with E-state index in [1.54, 1.807) is 0 Å². The minimum absolute atomic E-state index is 0.113. The summed E-state index contributed by atoms with van der Waals surface area (Å²) in [5.41, 5.74) is 1.35. The van der Waals surface area contributed by atoms with E-state index in [4.69, 9.17) is 4.42 Å². The Morgan fingerprint density at radius 3 is 2.38 bits per heavy atom. The Balaban J connectivity index is 2.45. The van der Waals surface area contributed by atoms with Crippen molar-refractivity contribution in [3.05, 3.63) is 23.2 Å². The number of nitrogens with one attached hydrogen (secondary N) is 1. The summed E-state index contributed by atoms with van der Waals surface area (Å²) < 4.78 is 5.99. The maximum absolute atomic E-state index is 5.99. The van der Waals surface area contributed by atoms with Gasteiger partial charge < -0.3 is 14.6 Å². The second-order valence-electron chi connectivity index (χ2n) is 7.32. The van der Waals surface area contributed by atoms with Crippen LogP contribution in [0.4, 0.5) is 0 Å². The van der Waals surface area contributed by atoms with Gasteiger partial charge in [0.1, 0.15) is 11.5 Å². The second kappa shape index (κ2) is 7.97. The molecule has 1 aromatic rings. The lowest BCUT2D eigenvalue weighted by Gasteiger charge is -2.20. The van der Waals surface area contributed by atoms with Crippen LogP contribution >= 0.6 is 0 Å². The van der Waals surface area contributed by atoms with E-state index in [1.165, 1.54) is 12.0 Å². The van der Waals surface area contributed by atoms with Crippen molar-refractivity contribution in [2.75, 3.05) is 34.2 Å². The largest absolute Gasteiger partial charge is 0.463 e. The molecular formula is C17H33N3O. The molecule has 0 unspecified atom stereocenters. The van der Waals surface area contributed by atoms with Crippen LogP contribution in [-0.2, 0) is 13.1 Å². The van der Waals surface area contributed by atoms with Gasteiger partial charge in [0.25, 0.3) is 0 Å². The number of rotatable bonds is 8. The van der Waals surface area contributed by atoms with Crippen LogP contribution in [-0.4, -0.2) is 49.6 Å². The average Bonchev–Trinajstić information content (AvgIpc) is 2.65. The van der Waals surface area contributed by atoms with Gasteiger partial charge in [-0.05, 0) is 80.0 Å². The summed E-state index contributed by atoms with van der Waals surface area (Å²) in [4.78, 5) is 4.55. The second-order valence-corrected chi connectivity index (χ2v) is 7.32. The zero-order valence-electron chi connectivity index (χ0n) is 14.9. The van der Waals surface area contributed by atoms with E-state index in [2.05, 4.69) is 70.0 Å². The Morgan fingerprint density at radius 2 is 1.81 bits per heavy atom. The molecule has 0 aliphatic carbocycles. The summed E-state index contributed by atoms with van der Waals surface area (Å²) in [6, 6.07) is 2.17. The maximum atomic E-state index is 5.99. The first-order chi connectivity index (χ1) is 9.67. The van der Waals surface area contributed by atoms with Crippen molar-refractivity contribution in [1.29, 1.82) is 0 Å². The van der Waals surface area contributed by atoms with Crippen LogP contribution in [0, 0.1) is 6.92 Å². The third-order valence-electron chi connectivity index (χ3n) is 3.42. The van der Waals surface area contributed by atoms with Crippen molar-refractivity contribution < 1.29 is 4.42 Å². The van der Waals surface area contributed by atoms with Gasteiger partial charge in [0.2, 0.25) is 0 Å². The minimum Gasteiger partial charge on any atom is -0.463 e. The van der Waals surface area contributed by atoms with E-state index < -0.39 is 0 Å². The van der Waals surface area contributed by atoms with Gasteiger partial charge in [-0.1, -0.05) is 0 Å². The topological polar surface area (TPSA) is 31.6 Å². The molecule has 21 heavy (non-hydrogen) atoms. The van der Waals surface area contributed by atoms with Crippen LogP contribution in [0.15, 0.2) is 10.5 Å². The van der Waals surface area contributed by atoms with E-state index in [9.17, 15) is 0 Å². The van der Waals surface area contributed by atoms with E-state index in [0.29, 0.717) is 0 Å². The number of hydrogen-bond donors (Lipinski definition) is 1. The molecule has 0 fully saturated rings. The van der Waals surface area contributed by atoms with Gasteiger partial charge in [0.05, 0.1) is 13.1 Å². The SMILES string of the molecule is Cc1cc(CN(C)CCCN(C)C)oc1CNC(C)(C)C. The first-order valence-corrected chi connectivity index (χ1v) is 7.84.